The Balaban J connectivity index is 1.68. The number of aryl methyl sites for hydroxylation is 1. The molecule has 30 heavy (non-hydrogen) atoms. The van der Waals surface area contributed by atoms with Crippen LogP contribution in [0.15, 0.2) is 60.9 Å². The molecule has 0 radical (unpaired) electrons. The summed E-state index contributed by atoms with van der Waals surface area (Å²) >= 11 is 0. The molecule has 0 saturated carbocycles. The van der Waals surface area contributed by atoms with E-state index in [-0.39, 0.29) is 0 Å². The average Bonchev–Trinajstić information content (AvgIpc) is 3.13. The first-order valence-corrected chi connectivity index (χ1v) is 11.1. The van der Waals surface area contributed by atoms with Crippen molar-refractivity contribution in [3.8, 4) is 16.9 Å². The Kier molecular flexibility index (Phi) is 5.04. The molecule has 4 aromatic rings. The van der Waals surface area contributed by atoms with Crippen LogP contribution in [0.25, 0.3) is 16.8 Å². The van der Waals surface area contributed by atoms with E-state index in [0.717, 1.165) is 28.7 Å². The van der Waals surface area contributed by atoms with Crippen molar-refractivity contribution in [2.75, 3.05) is 23.4 Å². The summed E-state index contributed by atoms with van der Waals surface area (Å²) in [4.78, 5) is 4.70. The number of rotatable bonds is 6. The molecule has 2 N–H and O–H groups in total. The lowest BCUT2D eigenvalue weighted by molar-refractivity contribution is 0.415. The number of nitrogens with one attached hydrogen (secondary N) is 2. The Hall–Kier alpha value is -3.59. The van der Waals surface area contributed by atoms with Gasteiger partial charge in [-0.3, -0.25) is 4.72 Å². The van der Waals surface area contributed by atoms with Gasteiger partial charge in [-0.2, -0.15) is 5.10 Å². The van der Waals surface area contributed by atoms with Crippen molar-refractivity contribution in [2.24, 2.45) is 0 Å². The van der Waals surface area contributed by atoms with E-state index in [1.54, 1.807) is 30.0 Å². The van der Waals surface area contributed by atoms with Gasteiger partial charge in [-0.1, -0.05) is 18.2 Å². The predicted octanol–water partition coefficient (Wildman–Crippen LogP) is 3.83. The van der Waals surface area contributed by atoms with E-state index in [2.05, 4.69) is 15.1 Å². The molecule has 2 aromatic heterocycles. The van der Waals surface area contributed by atoms with Crippen molar-refractivity contribution in [1.82, 2.24) is 14.6 Å². The van der Waals surface area contributed by atoms with Gasteiger partial charge in [0.2, 0.25) is 10.0 Å². The SMILES string of the molecule is COc1cccc(-c2cnn3ccc(Nc4ccc(C)c(NS(C)(=O)=O)c4)nc23)c1. The Morgan fingerprint density at radius 1 is 1.10 bits per heavy atom. The summed E-state index contributed by atoms with van der Waals surface area (Å²) in [5, 5.41) is 7.60. The second-order valence-electron chi connectivity index (χ2n) is 6.90. The van der Waals surface area contributed by atoms with Crippen molar-refractivity contribution in [2.45, 2.75) is 6.92 Å². The zero-order chi connectivity index (χ0) is 21.3. The zero-order valence-corrected chi connectivity index (χ0v) is 17.6. The van der Waals surface area contributed by atoms with E-state index in [0.29, 0.717) is 22.8 Å². The summed E-state index contributed by atoms with van der Waals surface area (Å²) in [6.45, 7) is 1.84. The molecular weight excluding hydrogens is 402 g/mol. The number of nitrogens with zero attached hydrogens (tertiary/aromatic N) is 3. The lowest BCUT2D eigenvalue weighted by atomic mass is 10.1. The van der Waals surface area contributed by atoms with E-state index in [1.807, 2.05) is 49.5 Å². The molecule has 0 saturated heterocycles. The smallest absolute Gasteiger partial charge is 0.229 e. The summed E-state index contributed by atoms with van der Waals surface area (Å²) in [6.07, 6.45) is 4.71. The minimum atomic E-state index is -3.37. The van der Waals surface area contributed by atoms with Crippen molar-refractivity contribution in [3.05, 3.63) is 66.5 Å². The maximum absolute atomic E-state index is 11.6. The molecular formula is C21H21N5O3S. The van der Waals surface area contributed by atoms with Gasteiger partial charge in [0.25, 0.3) is 0 Å². The minimum absolute atomic E-state index is 0.519. The van der Waals surface area contributed by atoms with Gasteiger partial charge >= 0.3 is 0 Å². The first kappa shape index (κ1) is 19.7. The first-order valence-electron chi connectivity index (χ1n) is 9.17. The molecule has 0 fully saturated rings. The third-order valence-electron chi connectivity index (χ3n) is 4.56. The van der Waals surface area contributed by atoms with E-state index in [1.165, 1.54) is 0 Å². The van der Waals surface area contributed by atoms with Crippen LogP contribution in [0.3, 0.4) is 0 Å². The number of hydrogen-bond acceptors (Lipinski definition) is 6. The quantitative estimate of drug-likeness (QED) is 0.489. The van der Waals surface area contributed by atoms with Crippen LogP contribution in [0.5, 0.6) is 5.75 Å². The lowest BCUT2D eigenvalue weighted by Gasteiger charge is -2.12. The Labute approximate surface area is 174 Å². The predicted molar refractivity (Wildman–Crippen MR) is 118 cm³/mol. The number of anilines is 3. The number of sulfonamides is 1. The normalized spacial score (nSPS) is 11.4. The minimum Gasteiger partial charge on any atom is -0.497 e. The van der Waals surface area contributed by atoms with Crippen LogP contribution in [0.2, 0.25) is 0 Å². The summed E-state index contributed by atoms with van der Waals surface area (Å²) in [5.74, 6) is 1.37. The molecule has 0 aliphatic heterocycles. The van der Waals surface area contributed by atoms with Gasteiger partial charge < -0.3 is 10.1 Å². The molecule has 0 spiro atoms. The van der Waals surface area contributed by atoms with E-state index < -0.39 is 10.0 Å². The molecule has 2 heterocycles. The van der Waals surface area contributed by atoms with Gasteiger partial charge in [0, 0.05) is 17.4 Å². The average molecular weight is 423 g/mol. The molecule has 0 atom stereocenters. The monoisotopic (exact) mass is 423 g/mol. The van der Waals surface area contributed by atoms with Crippen molar-refractivity contribution in [3.63, 3.8) is 0 Å². The van der Waals surface area contributed by atoms with Crippen molar-refractivity contribution < 1.29 is 13.2 Å². The lowest BCUT2D eigenvalue weighted by Crippen LogP contribution is -2.10. The van der Waals surface area contributed by atoms with Crippen LogP contribution >= 0.6 is 0 Å². The third kappa shape index (κ3) is 4.20. The number of hydrogen-bond donors (Lipinski definition) is 2. The second-order valence-corrected chi connectivity index (χ2v) is 8.65. The highest BCUT2D eigenvalue weighted by Gasteiger charge is 2.11. The summed E-state index contributed by atoms with van der Waals surface area (Å²) < 4.78 is 32.7. The van der Waals surface area contributed by atoms with Crippen molar-refractivity contribution in [1.29, 1.82) is 0 Å². The standard InChI is InChI=1S/C21H21N5O3S/c1-14-7-8-16(12-19(14)25-30(3,27)28)23-20-9-10-26-21(24-20)18(13-22-26)15-5-4-6-17(11-15)29-2/h4-13,25H,1-3H3,(H,23,24). The molecule has 0 aliphatic carbocycles. The summed E-state index contributed by atoms with van der Waals surface area (Å²) in [5.41, 5.74) is 4.57. The van der Waals surface area contributed by atoms with E-state index >= 15 is 0 Å². The van der Waals surface area contributed by atoms with Crippen LogP contribution in [-0.4, -0.2) is 36.4 Å². The van der Waals surface area contributed by atoms with Gasteiger partial charge in [-0.15, -0.1) is 0 Å². The van der Waals surface area contributed by atoms with E-state index in [4.69, 9.17) is 9.72 Å². The van der Waals surface area contributed by atoms with Crippen LogP contribution in [0, 0.1) is 6.92 Å². The highest BCUT2D eigenvalue weighted by molar-refractivity contribution is 7.92. The number of ether oxygens (including phenoxy) is 1. The fraction of sp³-hybridized carbons (Fsp3) is 0.143. The van der Waals surface area contributed by atoms with Gasteiger partial charge in [0.1, 0.15) is 11.6 Å². The zero-order valence-electron chi connectivity index (χ0n) is 16.7. The topological polar surface area (TPSA) is 97.6 Å². The number of benzene rings is 2. The molecule has 0 bridgehead atoms. The third-order valence-corrected chi connectivity index (χ3v) is 5.15. The Morgan fingerprint density at radius 3 is 2.70 bits per heavy atom. The molecule has 2 aromatic carbocycles. The number of aromatic nitrogens is 3. The first-order chi connectivity index (χ1) is 14.3. The van der Waals surface area contributed by atoms with Gasteiger partial charge in [0.05, 0.1) is 25.2 Å². The highest BCUT2D eigenvalue weighted by atomic mass is 32.2. The molecule has 9 heteroatoms. The molecule has 0 aliphatic rings. The van der Waals surface area contributed by atoms with Crippen LogP contribution in [-0.2, 0) is 10.0 Å². The summed E-state index contributed by atoms with van der Waals surface area (Å²) in [7, 11) is -1.74. The number of methoxy groups -OCH3 is 1. The molecule has 4 rings (SSSR count). The van der Waals surface area contributed by atoms with Crippen LogP contribution < -0.4 is 14.8 Å². The van der Waals surface area contributed by atoms with E-state index in [9.17, 15) is 8.42 Å². The second kappa shape index (κ2) is 7.68. The van der Waals surface area contributed by atoms with Gasteiger partial charge in [0.15, 0.2) is 5.65 Å². The maximum Gasteiger partial charge on any atom is 0.229 e. The van der Waals surface area contributed by atoms with Gasteiger partial charge in [-0.25, -0.2) is 17.9 Å². The fourth-order valence-corrected chi connectivity index (χ4v) is 3.71. The Bertz CT molecular complexity index is 1330. The summed E-state index contributed by atoms with van der Waals surface area (Å²) in [6, 6.07) is 15.0. The van der Waals surface area contributed by atoms with Crippen LogP contribution in [0.4, 0.5) is 17.2 Å². The number of fused-ring (bicyclic) bond motifs is 1. The molecule has 154 valence electrons. The largest absolute Gasteiger partial charge is 0.497 e. The van der Waals surface area contributed by atoms with Gasteiger partial charge in [-0.05, 0) is 48.4 Å². The molecule has 8 nitrogen and oxygen atoms in total. The molecule has 0 amide bonds. The highest BCUT2D eigenvalue weighted by Crippen LogP contribution is 2.28. The van der Waals surface area contributed by atoms with Crippen LogP contribution in [0.1, 0.15) is 5.56 Å². The Morgan fingerprint density at radius 2 is 1.93 bits per heavy atom. The fourth-order valence-electron chi connectivity index (χ4n) is 3.09. The van der Waals surface area contributed by atoms with Crippen molar-refractivity contribution >= 4 is 32.9 Å². The molecule has 0 unspecified atom stereocenters. The maximum atomic E-state index is 11.6.